The molecule has 3 atom stereocenters. The molecule has 0 bridgehead atoms. The van der Waals surface area contributed by atoms with Gasteiger partial charge in [-0.1, -0.05) is 29.8 Å². The summed E-state index contributed by atoms with van der Waals surface area (Å²) in [6, 6.07) is 20.8. The number of anilines is 2. The van der Waals surface area contributed by atoms with Crippen molar-refractivity contribution in [2.45, 2.75) is 12.1 Å². The predicted octanol–water partition coefficient (Wildman–Crippen LogP) is 4.41. The van der Waals surface area contributed by atoms with E-state index in [9.17, 15) is 9.59 Å². The number of halogens is 1. The van der Waals surface area contributed by atoms with Crippen molar-refractivity contribution in [2.75, 3.05) is 24.2 Å². The number of fused-ring (bicyclic) bond motifs is 1. The van der Waals surface area contributed by atoms with Crippen LogP contribution in [0, 0.1) is 5.92 Å². The van der Waals surface area contributed by atoms with Crippen LogP contribution in [0.3, 0.4) is 0 Å². The molecule has 168 valence electrons. The number of rotatable bonds is 5. The maximum absolute atomic E-state index is 13.6. The minimum Gasteiger partial charge on any atom is -0.497 e. The van der Waals surface area contributed by atoms with Crippen LogP contribution in [0.1, 0.15) is 11.6 Å². The molecule has 0 spiro atoms. The van der Waals surface area contributed by atoms with E-state index in [1.807, 2.05) is 24.3 Å². The van der Waals surface area contributed by atoms with Crippen LogP contribution in [-0.2, 0) is 14.4 Å². The fraction of sp³-hybridized carbons (Fsp3) is 0.200. The fourth-order valence-corrected chi connectivity index (χ4v) is 4.50. The molecular formula is C25H21ClN2O5. The number of carbonyl (C=O) groups excluding carboxylic acids is 2. The third-order valence-electron chi connectivity index (χ3n) is 5.97. The Hall–Kier alpha value is -3.55. The van der Waals surface area contributed by atoms with Crippen LogP contribution in [-0.4, -0.2) is 32.1 Å². The molecule has 3 unspecified atom stereocenters. The Morgan fingerprint density at radius 2 is 1.52 bits per heavy atom. The first kappa shape index (κ1) is 21.3. The highest BCUT2D eigenvalue weighted by atomic mass is 35.5. The smallest absolute Gasteiger partial charge is 0.266 e. The van der Waals surface area contributed by atoms with Gasteiger partial charge in [0, 0.05) is 11.1 Å². The maximum Gasteiger partial charge on any atom is 0.266 e. The minimum atomic E-state index is -0.952. The zero-order chi connectivity index (χ0) is 23.1. The number of hydrogen-bond donors (Lipinski definition) is 0. The summed E-state index contributed by atoms with van der Waals surface area (Å²) in [7, 11) is 3.13. The second-order valence-electron chi connectivity index (χ2n) is 7.79. The van der Waals surface area contributed by atoms with Crippen LogP contribution in [0.15, 0.2) is 72.8 Å². The topological polar surface area (TPSA) is 68.3 Å². The number of amides is 2. The van der Waals surface area contributed by atoms with Gasteiger partial charge in [0.05, 0.1) is 31.6 Å². The third kappa shape index (κ3) is 3.59. The molecule has 33 heavy (non-hydrogen) atoms. The number of benzene rings is 3. The van der Waals surface area contributed by atoms with Gasteiger partial charge in [-0.15, -0.1) is 0 Å². The molecule has 2 saturated heterocycles. The lowest BCUT2D eigenvalue weighted by atomic mass is 9.90. The number of ether oxygens (including phenoxy) is 2. The van der Waals surface area contributed by atoms with Gasteiger partial charge in [-0.05, 0) is 54.1 Å². The lowest BCUT2D eigenvalue weighted by Crippen LogP contribution is -2.37. The molecule has 2 amide bonds. The van der Waals surface area contributed by atoms with E-state index in [1.165, 1.54) is 12.0 Å². The van der Waals surface area contributed by atoms with E-state index in [2.05, 4.69) is 0 Å². The van der Waals surface area contributed by atoms with Gasteiger partial charge in [0.1, 0.15) is 17.4 Å². The third-order valence-corrected chi connectivity index (χ3v) is 6.22. The van der Waals surface area contributed by atoms with E-state index in [0.29, 0.717) is 27.9 Å². The molecule has 2 aliphatic rings. The second kappa shape index (κ2) is 8.42. The molecule has 0 radical (unpaired) electrons. The standard InChI is InChI=1S/C25H21ClN2O5/c1-31-19-12-6-15(7-13-19)22-21-23(33-28(22)17-10-8-16(26)9-11-17)25(30)27(24(21)29)18-4-3-5-20(14-18)32-2/h3-14,21-23H,1-2H3. The summed E-state index contributed by atoms with van der Waals surface area (Å²) in [6.45, 7) is 0. The fourth-order valence-electron chi connectivity index (χ4n) is 4.37. The summed E-state index contributed by atoms with van der Waals surface area (Å²) in [5.74, 6) is -0.212. The van der Waals surface area contributed by atoms with Crippen molar-refractivity contribution >= 4 is 34.8 Å². The molecule has 7 nitrogen and oxygen atoms in total. The Morgan fingerprint density at radius 3 is 2.18 bits per heavy atom. The molecule has 0 N–H and O–H groups in total. The summed E-state index contributed by atoms with van der Waals surface area (Å²) in [5, 5.41) is 2.21. The van der Waals surface area contributed by atoms with Crippen molar-refractivity contribution in [2.24, 2.45) is 5.92 Å². The monoisotopic (exact) mass is 464 g/mol. The number of imide groups is 1. The molecule has 0 aromatic heterocycles. The molecule has 0 aliphatic carbocycles. The molecule has 2 fully saturated rings. The number of nitrogens with zero attached hydrogens (tertiary/aromatic N) is 2. The van der Waals surface area contributed by atoms with Gasteiger partial charge in [0.25, 0.3) is 5.91 Å². The average Bonchev–Trinajstić information content (AvgIpc) is 3.35. The van der Waals surface area contributed by atoms with Crippen molar-refractivity contribution in [1.82, 2.24) is 0 Å². The van der Waals surface area contributed by atoms with E-state index in [4.69, 9.17) is 25.9 Å². The Kier molecular flexibility index (Phi) is 5.44. The van der Waals surface area contributed by atoms with Gasteiger partial charge in [-0.2, -0.15) is 0 Å². The van der Waals surface area contributed by atoms with Crippen LogP contribution >= 0.6 is 11.6 Å². The SMILES string of the molecule is COc1ccc(C2C3C(=O)N(c4cccc(OC)c4)C(=O)C3ON2c2ccc(Cl)cc2)cc1. The summed E-state index contributed by atoms with van der Waals surface area (Å²) in [4.78, 5) is 34.4. The average molecular weight is 465 g/mol. The zero-order valence-corrected chi connectivity index (χ0v) is 18.7. The highest BCUT2D eigenvalue weighted by molar-refractivity contribution is 6.30. The molecule has 8 heteroatoms. The highest BCUT2D eigenvalue weighted by Gasteiger charge is 2.60. The van der Waals surface area contributed by atoms with Crippen molar-refractivity contribution in [3.05, 3.63) is 83.4 Å². The molecule has 3 aromatic rings. The van der Waals surface area contributed by atoms with Crippen molar-refractivity contribution in [3.63, 3.8) is 0 Å². The van der Waals surface area contributed by atoms with Crippen LogP contribution in [0.5, 0.6) is 11.5 Å². The van der Waals surface area contributed by atoms with Crippen molar-refractivity contribution in [1.29, 1.82) is 0 Å². The van der Waals surface area contributed by atoms with Crippen LogP contribution in [0.2, 0.25) is 5.02 Å². The van der Waals surface area contributed by atoms with Crippen LogP contribution in [0.4, 0.5) is 11.4 Å². The Morgan fingerprint density at radius 1 is 0.818 bits per heavy atom. The molecule has 0 saturated carbocycles. The van der Waals surface area contributed by atoms with Gasteiger partial charge in [-0.25, -0.2) is 9.96 Å². The Balaban J connectivity index is 1.57. The van der Waals surface area contributed by atoms with E-state index < -0.39 is 24.0 Å². The van der Waals surface area contributed by atoms with Gasteiger partial charge in [0.2, 0.25) is 5.91 Å². The summed E-state index contributed by atoms with van der Waals surface area (Å²) in [6.07, 6.45) is -0.952. The van der Waals surface area contributed by atoms with E-state index in [0.717, 1.165) is 5.56 Å². The van der Waals surface area contributed by atoms with Gasteiger partial charge >= 0.3 is 0 Å². The summed E-state index contributed by atoms with van der Waals surface area (Å²) in [5.41, 5.74) is 1.98. The van der Waals surface area contributed by atoms with Gasteiger partial charge in [-0.3, -0.25) is 14.4 Å². The van der Waals surface area contributed by atoms with Crippen molar-refractivity contribution < 1.29 is 23.9 Å². The number of carbonyl (C=O) groups is 2. The summed E-state index contributed by atoms with van der Waals surface area (Å²) < 4.78 is 10.5. The van der Waals surface area contributed by atoms with Crippen molar-refractivity contribution in [3.8, 4) is 11.5 Å². The lowest BCUT2D eigenvalue weighted by molar-refractivity contribution is -0.126. The molecular weight excluding hydrogens is 444 g/mol. The van der Waals surface area contributed by atoms with E-state index in [1.54, 1.807) is 60.7 Å². The first-order valence-corrected chi connectivity index (χ1v) is 10.8. The predicted molar refractivity (Wildman–Crippen MR) is 124 cm³/mol. The largest absolute Gasteiger partial charge is 0.497 e. The normalized spacial score (nSPS) is 22.0. The Bertz CT molecular complexity index is 1200. The molecule has 2 aliphatic heterocycles. The van der Waals surface area contributed by atoms with Crippen LogP contribution in [0.25, 0.3) is 0 Å². The second-order valence-corrected chi connectivity index (χ2v) is 8.22. The first-order valence-electron chi connectivity index (χ1n) is 10.4. The Labute approximate surface area is 196 Å². The van der Waals surface area contributed by atoms with E-state index in [-0.39, 0.29) is 5.91 Å². The molecule has 3 aromatic carbocycles. The quantitative estimate of drug-likeness (QED) is 0.521. The maximum atomic E-state index is 13.6. The number of methoxy groups -OCH3 is 2. The first-order chi connectivity index (χ1) is 16.0. The van der Waals surface area contributed by atoms with Gasteiger partial charge < -0.3 is 9.47 Å². The molecule has 5 rings (SSSR count). The molecule has 2 heterocycles. The number of hydrogen-bond acceptors (Lipinski definition) is 6. The number of hydroxylamine groups is 1. The van der Waals surface area contributed by atoms with E-state index >= 15 is 0 Å². The zero-order valence-electron chi connectivity index (χ0n) is 18.0. The minimum absolute atomic E-state index is 0.324. The lowest BCUT2D eigenvalue weighted by Gasteiger charge is -2.29. The highest BCUT2D eigenvalue weighted by Crippen LogP contribution is 2.48. The van der Waals surface area contributed by atoms with Crippen LogP contribution < -0.4 is 19.4 Å². The van der Waals surface area contributed by atoms with Gasteiger partial charge in [0.15, 0.2) is 6.10 Å². The summed E-state index contributed by atoms with van der Waals surface area (Å²) >= 11 is 6.06.